The molecule has 0 saturated carbocycles. The molecule has 0 heterocycles. The fourth-order valence-electron chi connectivity index (χ4n) is 3.05. The highest BCUT2D eigenvalue weighted by atomic mass is 16.5. The number of methoxy groups -OCH3 is 2. The molecule has 1 atom stereocenters. The van der Waals surface area contributed by atoms with Crippen LogP contribution in [0.5, 0.6) is 17.2 Å². The molecule has 5 nitrogen and oxygen atoms in total. The molecule has 0 fully saturated rings. The molecule has 0 saturated heterocycles. The quantitative estimate of drug-likeness (QED) is 0.745. The summed E-state index contributed by atoms with van der Waals surface area (Å²) in [6, 6.07) is 11.8. The zero-order valence-electron chi connectivity index (χ0n) is 16.3. The van der Waals surface area contributed by atoms with Crippen molar-refractivity contribution in [2.24, 2.45) is 0 Å². The Morgan fingerprint density at radius 2 is 1.62 bits per heavy atom. The number of hydrogen-bond acceptors (Lipinski definition) is 5. The van der Waals surface area contributed by atoms with Gasteiger partial charge in [-0.15, -0.1) is 0 Å². The van der Waals surface area contributed by atoms with Gasteiger partial charge in [0, 0.05) is 18.7 Å². The summed E-state index contributed by atoms with van der Waals surface area (Å²) in [6.07, 6.45) is -0.587. The molecule has 0 unspecified atom stereocenters. The normalized spacial score (nSPS) is 12.1. The zero-order valence-corrected chi connectivity index (χ0v) is 16.3. The van der Waals surface area contributed by atoms with E-state index in [0.717, 1.165) is 28.2 Å². The SMILES string of the molecule is COc1cccc(CN(C)C[C@H](O)COc2c(C)cccc2C)c1OC. The van der Waals surface area contributed by atoms with Crippen molar-refractivity contribution >= 4 is 0 Å². The van der Waals surface area contributed by atoms with Crippen LogP contribution in [0, 0.1) is 13.8 Å². The molecule has 0 amide bonds. The third-order valence-corrected chi connectivity index (χ3v) is 4.28. The Hall–Kier alpha value is -2.24. The average molecular weight is 359 g/mol. The van der Waals surface area contributed by atoms with Crippen LogP contribution in [0.4, 0.5) is 0 Å². The number of aliphatic hydroxyl groups excluding tert-OH is 1. The first-order valence-corrected chi connectivity index (χ1v) is 8.71. The fraction of sp³-hybridized carbons (Fsp3) is 0.429. The third-order valence-electron chi connectivity index (χ3n) is 4.28. The number of aliphatic hydroxyl groups is 1. The molecule has 0 aliphatic heterocycles. The molecular formula is C21H29NO4. The van der Waals surface area contributed by atoms with Crippen LogP contribution in [-0.4, -0.2) is 50.5 Å². The molecule has 0 aliphatic carbocycles. The van der Waals surface area contributed by atoms with E-state index < -0.39 is 6.10 Å². The lowest BCUT2D eigenvalue weighted by Crippen LogP contribution is -2.33. The summed E-state index contributed by atoms with van der Waals surface area (Å²) in [5, 5.41) is 10.3. The third kappa shape index (κ3) is 5.13. The Kier molecular flexibility index (Phi) is 7.30. The fourth-order valence-corrected chi connectivity index (χ4v) is 3.05. The van der Waals surface area contributed by atoms with Gasteiger partial charge in [-0.05, 0) is 38.1 Å². The molecule has 0 aromatic heterocycles. The highest BCUT2D eigenvalue weighted by Crippen LogP contribution is 2.31. The number of rotatable bonds is 9. The van der Waals surface area contributed by atoms with Crippen molar-refractivity contribution in [1.82, 2.24) is 4.90 Å². The Balaban J connectivity index is 1.92. The maximum absolute atomic E-state index is 10.3. The molecule has 0 bridgehead atoms. The molecule has 2 aromatic carbocycles. The second kappa shape index (κ2) is 9.46. The first-order chi connectivity index (χ1) is 12.5. The van der Waals surface area contributed by atoms with Crippen molar-refractivity contribution in [2.75, 3.05) is 34.4 Å². The van der Waals surface area contributed by atoms with Crippen molar-refractivity contribution in [3.8, 4) is 17.2 Å². The lowest BCUT2D eigenvalue weighted by atomic mass is 10.1. The summed E-state index contributed by atoms with van der Waals surface area (Å²) >= 11 is 0. The summed E-state index contributed by atoms with van der Waals surface area (Å²) in [5.74, 6) is 2.28. The summed E-state index contributed by atoms with van der Waals surface area (Å²) in [4.78, 5) is 2.04. The Labute approximate surface area is 156 Å². The van der Waals surface area contributed by atoms with E-state index in [1.54, 1.807) is 14.2 Å². The predicted molar refractivity (Wildman–Crippen MR) is 103 cm³/mol. The van der Waals surface area contributed by atoms with Crippen molar-refractivity contribution in [3.05, 3.63) is 53.1 Å². The molecule has 1 N–H and O–H groups in total. The standard InChI is InChI=1S/C21H29NO4/c1-15-8-6-9-16(2)20(15)26-14-18(23)13-22(3)12-17-10-7-11-19(24-4)21(17)25-5/h6-11,18,23H,12-14H2,1-5H3/t18-/m0/s1. The summed E-state index contributed by atoms with van der Waals surface area (Å²) in [6.45, 7) is 5.41. The molecule has 2 aromatic rings. The van der Waals surface area contributed by atoms with Gasteiger partial charge in [-0.2, -0.15) is 0 Å². The second-order valence-corrected chi connectivity index (χ2v) is 6.54. The van der Waals surface area contributed by atoms with E-state index in [-0.39, 0.29) is 6.61 Å². The van der Waals surface area contributed by atoms with E-state index in [2.05, 4.69) is 0 Å². The minimum absolute atomic E-state index is 0.255. The van der Waals surface area contributed by atoms with Crippen molar-refractivity contribution < 1.29 is 19.3 Å². The first kappa shape index (κ1) is 20.1. The maximum Gasteiger partial charge on any atom is 0.165 e. The highest BCUT2D eigenvalue weighted by Gasteiger charge is 2.15. The van der Waals surface area contributed by atoms with Crippen LogP contribution in [0.1, 0.15) is 16.7 Å². The largest absolute Gasteiger partial charge is 0.493 e. The van der Waals surface area contributed by atoms with E-state index in [9.17, 15) is 5.11 Å². The molecule has 2 rings (SSSR count). The summed E-state index contributed by atoms with van der Waals surface area (Å²) < 4.78 is 16.6. The molecule has 142 valence electrons. The van der Waals surface area contributed by atoms with E-state index in [1.165, 1.54) is 0 Å². The Morgan fingerprint density at radius 1 is 0.962 bits per heavy atom. The Morgan fingerprint density at radius 3 is 2.23 bits per heavy atom. The van der Waals surface area contributed by atoms with Gasteiger partial charge in [0.2, 0.25) is 0 Å². The maximum atomic E-state index is 10.3. The number of ether oxygens (including phenoxy) is 3. The lowest BCUT2D eigenvalue weighted by molar-refractivity contribution is 0.0736. The van der Waals surface area contributed by atoms with Crippen LogP contribution in [0.25, 0.3) is 0 Å². The van der Waals surface area contributed by atoms with Crippen LogP contribution < -0.4 is 14.2 Å². The number of hydrogen-bond donors (Lipinski definition) is 1. The minimum atomic E-state index is -0.587. The molecule has 5 heteroatoms. The summed E-state index contributed by atoms with van der Waals surface area (Å²) in [7, 11) is 5.22. The zero-order chi connectivity index (χ0) is 19.1. The van der Waals surface area contributed by atoms with Gasteiger partial charge in [-0.3, -0.25) is 4.90 Å². The molecule has 26 heavy (non-hydrogen) atoms. The average Bonchev–Trinajstić information content (AvgIpc) is 2.60. The Bertz CT molecular complexity index is 697. The van der Waals surface area contributed by atoms with Crippen molar-refractivity contribution in [2.45, 2.75) is 26.5 Å². The number of likely N-dealkylation sites (N-methyl/N-ethyl adjacent to an activating group) is 1. The van der Waals surface area contributed by atoms with Crippen LogP contribution >= 0.6 is 0 Å². The number of para-hydroxylation sites is 2. The van der Waals surface area contributed by atoms with Gasteiger partial charge >= 0.3 is 0 Å². The number of benzene rings is 2. The van der Waals surface area contributed by atoms with Crippen LogP contribution in [0.15, 0.2) is 36.4 Å². The van der Waals surface area contributed by atoms with E-state index in [4.69, 9.17) is 14.2 Å². The first-order valence-electron chi connectivity index (χ1n) is 8.71. The van der Waals surface area contributed by atoms with Crippen LogP contribution in [0.2, 0.25) is 0 Å². The van der Waals surface area contributed by atoms with Crippen LogP contribution in [0.3, 0.4) is 0 Å². The molecule has 0 radical (unpaired) electrons. The van der Waals surface area contributed by atoms with Gasteiger partial charge in [-0.1, -0.05) is 30.3 Å². The molecule has 0 aliphatic rings. The smallest absolute Gasteiger partial charge is 0.165 e. The number of nitrogens with zero attached hydrogens (tertiary/aromatic N) is 1. The second-order valence-electron chi connectivity index (χ2n) is 6.54. The van der Waals surface area contributed by atoms with Gasteiger partial charge in [-0.25, -0.2) is 0 Å². The van der Waals surface area contributed by atoms with Gasteiger partial charge in [0.25, 0.3) is 0 Å². The van der Waals surface area contributed by atoms with E-state index >= 15 is 0 Å². The minimum Gasteiger partial charge on any atom is -0.493 e. The van der Waals surface area contributed by atoms with Gasteiger partial charge in [0.15, 0.2) is 11.5 Å². The highest BCUT2D eigenvalue weighted by molar-refractivity contribution is 5.46. The van der Waals surface area contributed by atoms with Gasteiger partial charge < -0.3 is 19.3 Å². The topological polar surface area (TPSA) is 51.2 Å². The lowest BCUT2D eigenvalue weighted by Gasteiger charge is -2.23. The van der Waals surface area contributed by atoms with Gasteiger partial charge in [0.05, 0.1) is 14.2 Å². The predicted octanol–water partition coefficient (Wildman–Crippen LogP) is 3.19. The summed E-state index contributed by atoms with van der Waals surface area (Å²) in [5.41, 5.74) is 3.16. The van der Waals surface area contributed by atoms with E-state index in [0.29, 0.717) is 18.8 Å². The van der Waals surface area contributed by atoms with E-state index in [1.807, 2.05) is 62.2 Å². The number of aryl methyl sites for hydroxylation is 2. The van der Waals surface area contributed by atoms with Crippen LogP contribution in [-0.2, 0) is 6.54 Å². The molecular weight excluding hydrogens is 330 g/mol. The monoisotopic (exact) mass is 359 g/mol. The van der Waals surface area contributed by atoms with Gasteiger partial charge in [0.1, 0.15) is 18.5 Å². The van der Waals surface area contributed by atoms with Crippen molar-refractivity contribution in [3.63, 3.8) is 0 Å². The van der Waals surface area contributed by atoms with Crippen molar-refractivity contribution in [1.29, 1.82) is 0 Å². The molecule has 0 spiro atoms.